The fraction of sp³-hybridized carbons (Fsp3) is 0.300. The molecule has 2 amide bonds. The Balaban J connectivity index is 2.08. The van der Waals surface area contributed by atoms with Crippen LogP contribution in [0.15, 0.2) is 54.6 Å². The third-order valence-electron chi connectivity index (χ3n) is 3.83. The zero-order valence-corrected chi connectivity index (χ0v) is 14.7. The quantitative estimate of drug-likeness (QED) is 0.692. The molecule has 132 valence electrons. The molecule has 2 aromatic carbocycles. The molecule has 1 unspecified atom stereocenters. The summed E-state index contributed by atoms with van der Waals surface area (Å²) in [6.07, 6.45) is 0.180. The van der Waals surface area contributed by atoms with E-state index in [-0.39, 0.29) is 24.3 Å². The number of hydrogen-bond donors (Lipinski definition) is 3. The van der Waals surface area contributed by atoms with Gasteiger partial charge in [0.1, 0.15) is 0 Å². The van der Waals surface area contributed by atoms with Crippen molar-refractivity contribution in [3.63, 3.8) is 0 Å². The van der Waals surface area contributed by atoms with Crippen molar-refractivity contribution in [2.24, 2.45) is 0 Å². The zero-order chi connectivity index (χ0) is 18.1. The van der Waals surface area contributed by atoms with Gasteiger partial charge in [0.05, 0.1) is 12.5 Å². The number of rotatable bonds is 8. The Morgan fingerprint density at radius 1 is 1.00 bits per heavy atom. The van der Waals surface area contributed by atoms with Crippen LogP contribution in [-0.2, 0) is 16.1 Å². The van der Waals surface area contributed by atoms with Crippen LogP contribution >= 0.6 is 0 Å². The van der Waals surface area contributed by atoms with E-state index in [1.54, 1.807) is 0 Å². The lowest BCUT2D eigenvalue weighted by molar-refractivity contribution is -0.120. The second kappa shape index (κ2) is 9.59. The van der Waals surface area contributed by atoms with Crippen molar-refractivity contribution in [3.05, 3.63) is 65.7 Å². The van der Waals surface area contributed by atoms with Crippen LogP contribution in [0.25, 0.3) is 0 Å². The lowest BCUT2D eigenvalue weighted by atomic mass is 10.0. The van der Waals surface area contributed by atoms with Crippen LogP contribution in [0.4, 0.5) is 5.69 Å². The molecular weight excluding hydrogens is 314 g/mol. The molecule has 0 aliphatic rings. The second-order valence-electron chi connectivity index (χ2n) is 5.85. The first kappa shape index (κ1) is 18.7. The van der Waals surface area contributed by atoms with E-state index in [4.69, 9.17) is 0 Å². The van der Waals surface area contributed by atoms with Gasteiger partial charge in [-0.25, -0.2) is 0 Å². The molecule has 0 heterocycles. The van der Waals surface area contributed by atoms with Gasteiger partial charge in [-0.1, -0.05) is 55.5 Å². The molecule has 0 bridgehead atoms. The van der Waals surface area contributed by atoms with E-state index < -0.39 is 0 Å². The van der Waals surface area contributed by atoms with E-state index in [2.05, 4.69) is 16.0 Å². The van der Waals surface area contributed by atoms with E-state index in [9.17, 15) is 9.59 Å². The number of hydrogen-bond acceptors (Lipinski definition) is 3. The Morgan fingerprint density at radius 3 is 2.36 bits per heavy atom. The Hall–Kier alpha value is -2.66. The fourth-order valence-electron chi connectivity index (χ4n) is 2.63. The van der Waals surface area contributed by atoms with E-state index in [1.165, 1.54) is 6.92 Å². The first-order valence-electron chi connectivity index (χ1n) is 8.50. The van der Waals surface area contributed by atoms with Gasteiger partial charge >= 0.3 is 0 Å². The summed E-state index contributed by atoms with van der Waals surface area (Å²) < 4.78 is 0. The van der Waals surface area contributed by atoms with Crippen LogP contribution in [0.2, 0.25) is 0 Å². The molecule has 0 aliphatic carbocycles. The molecule has 1 atom stereocenters. The number of anilines is 1. The minimum Gasteiger partial charge on any atom is -0.349 e. The SMILES string of the molecule is CCNCc1ccccc1NC(=O)CC(NC(C)=O)c1ccccc1. The molecule has 3 N–H and O–H groups in total. The standard InChI is InChI=1S/C20H25N3O2/c1-3-21-14-17-11-7-8-12-18(17)23-20(25)13-19(22-15(2)24)16-9-5-4-6-10-16/h4-12,19,21H,3,13-14H2,1-2H3,(H,22,24)(H,23,25). The maximum atomic E-state index is 12.5. The van der Waals surface area contributed by atoms with Gasteiger partial charge in [0.2, 0.25) is 11.8 Å². The Bertz CT molecular complexity index is 701. The van der Waals surface area contributed by atoms with Gasteiger partial charge in [-0.2, -0.15) is 0 Å². The van der Waals surface area contributed by atoms with Gasteiger partial charge in [-0.3, -0.25) is 9.59 Å². The predicted octanol–water partition coefficient (Wildman–Crippen LogP) is 3.00. The summed E-state index contributed by atoms with van der Waals surface area (Å²) in [5, 5.41) is 9.07. The lowest BCUT2D eigenvalue weighted by Crippen LogP contribution is -2.30. The number of carbonyl (C=O) groups is 2. The van der Waals surface area contributed by atoms with Gasteiger partial charge in [0.25, 0.3) is 0 Å². The molecule has 2 rings (SSSR count). The van der Waals surface area contributed by atoms with Crippen LogP contribution in [0, 0.1) is 0 Å². The number of para-hydroxylation sites is 1. The smallest absolute Gasteiger partial charge is 0.226 e. The van der Waals surface area contributed by atoms with Crippen LogP contribution in [0.1, 0.15) is 37.4 Å². The highest BCUT2D eigenvalue weighted by Gasteiger charge is 2.17. The number of carbonyl (C=O) groups excluding carboxylic acids is 2. The molecule has 0 fully saturated rings. The van der Waals surface area contributed by atoms with Gasteiger partial charge in [-0.05, 0) is 23.7 Å². The molecule has 0 aromatic heterocycles. The molecule has 0 aliphatic heterocycles. The van der Waals surface area contributed by atoms with Crippen molar-refractivity contribution in [1.29, 1.82) is 0 Å². The number of nitrogens with one attached hydrogen (secondary N) is 3. The average Bonchev–Trinajstić information content (AvgIpc) is 2.61. The van der Waals surface area contributed by atoms with Crippen LogP contribution in [0.3, 0.4) is 0 Å². The van der Waals surface area contributed by atoms with Crippen molar-refractivity contribution in [2.75, 3.05) is 11.9 Å². The second-order valence-corrected chi connectivity index (χ2v) is 5.85. The third kappa shape index (κ3) is 6.04. The highest BCUT2D eigenvalue weighted by molar-refractivity contribution is 5.92. The minimum absolute atomic E-state index is 0.133. The summed E-state index contributed by atoms with van der Waals surface area (Å²) in [6.45, 7) is 5.06. The molecule has 5 heteroatoms. The Morgan fingerprint density at radius 2 is 1.68 bits per heavy atom. The summed E-state index contributed by atoms with van der Waals surface area (Å²) in [5.74, 6) is -0.291. The monoisotopic (exact) mass is 339 g/mol. The van der Waals surface area contributed by atoms with Gasteiger partial charge < -0.3 is 16.0 Å². The first-order valence-corrected chi connectivity index (χ1v) is 8.50. The first-order chi connectivity index (χ1) is 12.1. The summed E-state index contributed by atoms with van der Waals surface area (Å²) in [6, 6.07) is 16.9. The van der Waals surface area contributed by atoms with Crippen molar-refractivity contribution in [1.82, 2.24) is 10.6 Å². The van der Waals surface area contributed by atoms with E-state index >= 15 is 0 Å². The minimum atomic E-state index is -0.348. The maximum absolute atomic E-state index is 12.5. The molecule has 0 saturated carbocycles. The normalized spacial score (nSPS) is 11.6. The van der Waals surface area contributed by atoms with Gasteiger partial charge in [0, 0.05) is 19.2 Å². The highest BCUT2D eigenvalue weighted by atomic mass is 16.2. The number of amides is 2. The summed E-state index contributed by atoms with van der Waals surface area (Å²) in [4.78, 5) is 24.0. The molecule has 0 saturated heterocycles. The summed E-state index contributed by atoms with van der Waals surface area (Å²) in [5.41, 5.74) is 2.74. The molecule has 2 aromatic rings. The van der Waals surface area contributed by atoms with Crippen LogP contribution in [0.5, 0.6) is 0 Å². The van der Waals surface area contributed by atoms with Crippen molar-refractivity contribution >= 4 is 17.5 Å². The van der Waals surface area contributed by atoms with Crippen molar-refractivity contribution < 1.29 is 9.59 Å². The van der Waals surface area contributed by atoms with E-state index in [1.807, 2.05) is 61.5 Å². The largest absolute Gasteiger partial charge is 0.349 e. The Kier molecular flexibility index (Phi) is 7.16. The van der Waals surface area contributed by atoms with Crippen LogP contribution < -0.4 is 16.0 Å². The number of benzene rings is 2. The maximum Gasteiger partial charge on any atom is 0.226 e. The fourth-order valence-corrected chi connectivity index (χ4v) is 2.63. The van der Waals surface area contributed by atoms with E-state index in [0.717, 1.165) is 23.4 Å². The third-order valence-corrected chi connectivity index (χ3v) is 3.83. The summed E-state index contributed by atoms with van der Waals surface area (Å²) >= 11 is 0. The zero-order valence-electron chi connectivity index (χ0n) is 14.7. The lowest BCUT2D eigenvalue weighted by Gasteiger charge is -2.19. The van der Waals surface area contributed by atoms with Gasteiger partial charge in [0.15, 0.2) is 0 Å². The highest BCUT2D eigenvalue weighted by Crippen LogP contribution is 2.19. The molecular formula is C20H25N3O2. The Labute approximate surface area is 148 Å². The predicted molar refractivity (Wildman–Crippen MR) is 100 cm³/mol. The van der Waals surface area contributed by atoms with Crippen molar-refractivity contribution in [3.8, 4) is 0 Å². The molecule has 5 nitrogen and oxygen atoms in total. The summed E-state index contributed by atoms with van der Waals surface area (Å²) in [7, 11) is 0. The average molecular weight is 339 g/mol. The van der Waals surface area contributed by atoms with Crippen molar-refractivity contribution in [2.45, 2.75) is 32.9 Å². The van der Waals surface area contributed by atoms with Crippen LogP contribution in [-0.4, -0.2) is 18.4 Å². The van der Waals surface area contributed by atoms with Gasteiger partial charge in [-0.15, -0.1) is 0 Å². The molecule has 0 radical (unpaired) electrons. The molecule has 0 spiro atoms. The van der Waals surface area contributed by atoms with E-state index in [0.29, 0.717) is 6.54 Å². The topological polar surface area (TPSA) is 70.2 Å². The molecule has 25 heavy (non-hydrogen) atoms.